The maximum absolute atomic E-state index is 11.0. The van der Waals surface area contributed by atoms with Gasteiger partial charge in [-0.2, -0.15) is 0 Å². The second kappa shape index (κ2) is 4.66. The highest BCUT2D eigenvalue weighted by atomic mass is 32.1. The number of carbonyl (C=O) groups is 1. The molecule has 0 fully saturated rings. The van der Waals surface area contributed by atoms with E-state index in [0.717, 1.165) is 0 Å². The first kappa shape index (κ1) is 11.3. The van der Waals surface area contributed by atoms with Crippen LogP contribution in [0.25, 0.3) is 0 Å². The molecule has 0 aliphatic rings. The van der Waals surface area contributed by atoms with Crippen LogP contribution in [0.3, 0.4) is 0 Å². The molecule has 0 spiro atoms. The molecule has 1 rings (SSSR count). The van der Waals surface area contributed by atoms with E-state index in [4.69, 9.17) is 0 Å². The predicted molar refractivity (Wildman–Crippen MR) is 56.5 cm³/mol. The first-order chi connectivity index (χ1) is 6.50. The van der Waals surface area contributed by atoms with Crippen LogP contribution in [0, 0.1) is 5.92 Å². The van der Waals surface area contributed by atoms with Gasteiger partial charge in [0.05, 0.1) is 4.88 Å². The molecular weight excluding hydrogens is 198 g/mol. The first-order valence-corrected chi connectivity index (χ1v) is 5.47. The summed E-state index contributed by atoms with van der Waals surface area (Å²) < 4.78 is 0. The van der Waals surface area contributed by atoms with E-state index in [1.54, 1.807) is 0 Å². The molecule has 0 bridgehead atoms. The minimum absolute atomic E-state index is 0.00509. The maximum atomic E-state index is 11.0. The van der Waals surface area contributed by atoms with E-state index in [1.807, 2.05) is 13.8 Å². The number of aliphatic hydroxyl groups is 1. The van der Waals surface area contributed by atoms with Crippen LogP contribution in [0.1, 0.15) is 48.0 Å². The number of ketones is 1. The predicted octanol–water partition coefficient (Wildman–Crippen LogP) is 2.43. The molecule has 0 saturated heterocycles. The number of thiazole rings is 1. The zero-order valence-corrected chi connectivity index (χ0v) is 9.47. The Balaban J connectivity index is 2.71. The fourth-order valence-electron chi connectivity index (χ4n) is 1.15. The van der Waals surface area contributed by atoms with Gasteiger partial charge in [0.25, 0.3) is 0 Å². The zero-order chi connectivity index (χ0) is 10.7. The van der Waals surface area contributed by atoms with Crippen LogP contribution in [0.5, 0.6) is 0 Å². The Bertz CT molecular complexity index is 320. The number of hydrogen-bond acceptors (Lipinski definition) is 4. The molecule has 3 nitrogen and oxygen atoms in total. The van der Waals surface area contributed by atoms with Crippen molar-refractivity contribution in [3.63, 3.8) is 0 Å². The summed E-state index contributed by atoms with van der Waals surface area (Å²) in [5.74, 6) is 0.431. The van der Waals surface area contributed by atoms with Crippen molar-refractivity contribution in [1.82, 2.24) is 4.98 Å². The van der Waals surface area contributed by atoms with Crippen LogP contribution >= 0.6 is 11.3 Å². The monoisotopic (exact) mass is 213 g/mol. The van der Waals surface area contributed by atoms with E-state index >= 15 is 0 Å². The fourth-order valence-corrected chi connectivity index (χ4v) is 1.96. The molecule has 4 heteroatoms. The van der Waals surface area contributed by atoms with E-state index in [0.29, 0.717) is 22.2 Å². The van der Waals surface area contributed by atoms with Crippen molar-refractivity contribution in [2.45, 2.75) is 33.3 Å². The van der Waals surface area contributed by atoms with Crippen molar-refractivity contribution in [2.24, 2.45) is 5.92 Å². The normalized spacial score (nSPS) is 13.2. The van der Waals surface area contributed by atoms with Crippen LogP contribution < -0.4 is 0 Å². The van der Waals surface area contributed by atoms with Gasteiger partial charge in [0.2, 0.25) is 0 Å². The Kier molecular flexibility index (Phi) is 3.77. The topological polar surface area (TPSA) is 50.2 Å². The third-order valence-electron chi connectivity index (χ3n) is 1.85. The lowest BCUT2D eigenvalue weighted by Gasteiger charge is -2.09. The van der Waals surface area contributed by atoms with Gasteiger partial charge in [-0.05, 0) is 12.3 Å². The lowest BCUT2D eigenvalue weighted by Crippen LogP contribution is -2.00. The summed E-state index contributed by atoms with van der Waals surface area (Å²) in [6.07, 6.45) is 1.68. The maximum Gasteiger partial charge on any atom is 0.171 e. The molecule has 78 valence electrons. The molecule has 1 atom stereocenters. The number of rotatable bonds is 4. The van der Waals surface area contributed by atoms with E-state index in [-0.39, 0.29) is 5.78 Å². The van der Waals surface area contributed by atoms with Gasteiger partial charge in [-0.3, -0.25) is 4.79 Å². The Morgan fingerprint density at radius 2 is 2.29 bits per heavy atom. The van der Waals surface area contributed by atoms with Gasteiger partial charge < -0.3 is 5.11 Å². The van der Waals surface area contributed by atoms with E-state index in [1.165, 1.54) is 24.5 Å². The summed E-state index contributed by atoms with van der Waals surface area (Å²) in [5.41, 5.74) is 0. The molecular formula is C10H15NO2S. The van der Waals surface area contributed by atoms with Gasteiger partial charge in [-0.15, -0.1) is 11.3 Å². The standard InChI is InChI=1S/C10H15NO2S/c1-6(2)4-8(13)10-11-5-9(14-10)7(3)12/h5-6,8,13H,4H2,1-3H3. The van der Waals surface area contributed by atoms with Crippen LogP contribution in [0.4, 0.5) is 0 Å². The number of carbonyl (C=O) groups excluding carboxylic acids is 1. The molecule has 14 heavy (non-hydrogen) atoms. The Morgan fingerprint density at radius 3 is 2.71 bits per heavy atom. The quantitative estimate of drug-likeness (QED) is 0.781. The molecule has 0 amide bonds. The second-order valence-electron chi connectivity index (χ2n) is 3.76. The Hall–Kier alpha value is -0.740. The van der Waals surface area contributed by atoms with Crippen molar-refractivity contribution in [2.75, 3.05) is 0 Å². The minimum atomic E-state index is -0.534. The van der Waals surface area contributed by atoms with Crippen LogP contribution in [-0.4, -0.2) is 15.9 Å². The van der Waals surface area contributed by atoms with Crippen molar-refractivity contribution in [3.8, 4) is 0 Å². The van der Waals surface area contributed by atoms with Gasteiger partial charge in [0.15, 0.2) is 5.78 Å². The lowest BCUT2D eigenvalue weighted by atomic mass is 10.1. The largest absolute Gasteiger partial charge is 0.386 e. The van der Waals surface area contributed by atoms with Crippen LogP contribution in [-0.2, 0) is 0 Å². The summed E-state index contributed by atoms with van der Waals surface area (Å²) in [7, 11) is 0. The third kappa shape index (κ3) is 2.89. The average Bonchev–Trinajstić information content (AvgIpc) is 2.50. The SMILES string of the molecule is CC(=O)c1cnc(C(O)CC(C)C)s1. The summed E-state index contributed by atoms with van der Waals surface area (Å²) in [4.78, 5) is 15.6. The fraction of sp³-hybridized carbons (Fsp3) is 0.600. The number of aliphatic hydroxyl groups excluding tert-OH is 1. The van der Waals surface area contributed by atoms with Crippen molar-refractivity contribution < 1.29 is 9.90 Å². The molecule has 1 heterocycles. The van der Waals surface area contributed by atoms with Crippen LogP contribution in [0.15, 0.2) is 6.20 Å². The number of aromatic nitrogens is 1. The molecule has 0 aromatic carbocycles. The average molecular weight is 213 g/mol. The molecule has 1 unspecified atom stereocenters. The zero-order valence-electron chi connectivity index (χ0n) is 8.65. The lowest BCUT2D eigenvalue weighted by molar-refractivity contribution is 0.102. The van der Waals surface area contributed by atoms with Crippen molar-refractivity contribution in [3.05, 3.63) is 16.1 Å². The number of nitrogens with zero attached hydrogens (tertiary/aromatic N) is 1. The smallest absolute Gasteiger partial charge is 0.171 e. The summed E-state index contributed by atoms with van der Waals surface area (Å²) in [6.45, 7) is 5.59. The van der Waals surface area contributed by atoms with Gasteiger partial charge in [-0.25, -0.2) is 4.98 Å². The number of Topliss-reactive ketones (excluding diaryl/α,β-unsaturated/α-hetero) is 1. The van der Waals surface area contributed by atoms with Crippen LogP contribution in [0.2, 0.25) is 0 Å². The van der Waals surface area contributed by atoms with E-state index in [9.17, 15) is 9.90 Å². The molecule has 0 aliphatic heterocycles. The molecule has 1 aromatic rings. The molecule has 0 saturated carbocycles. The van der Waals surface area contributed by atoms with Gasteiger partial charge in [0.1, 0.15) is 11.1 Å². The van der Waals surface area contributed by atoms with Crippen molar-refractivity contribution >= 4 is 17.1 Å². The van der Waals surface area contributed by atoms with Crippen molar-refractivity contribution in [1.29, 1.82) is 0 Å². The summed E-state index contributed by atoms with van der Waals surface area (Å²) in [5, 5.41) is 10.4. The van der Waals surface area contributed by atoms with E-state index in [2.05, 4.69) is 4.98 Å². The first-order valence-electron chi connectivity index (χ1n) is 4.65. The minimum Gasteiger partial charge on any atom is -0.386 e. The Labute approximate surface area is 87.8 Å². The highest BCUT2D eigenvalue weighted by molar-refractivity contribution is 7.13. The molecule has 0 radical (unpaired) electrons. The number of hydrogen-bond donors (Lipinski definition) is 1. The summed E-state index contributed by atoms with van der Waals surface area (Å²) >= 11 is 1.28. The Morgan fingerprint density at radius 1 is 1.64 bits per heavy atom. The highest BCUT2D eigenvalue weighted by Crippen LogP contribution is 2.25. The van der Waals surface area contributed by atoms with Gasteiger partial charge in [-0.1, -0.05) is 13.8 Å². The molecule has 1 aromatic heterocycles. The highest BCUT2D eigenvalue weighted by Gasteiger charge is 2.15. The summed E-state index contributed by atoms with van der Waals surface area (Å²) in [6, 6.07) is 0. The van der Waals surface area contributed by atoms with Gasteiger partial charge in [0, 0.05) is 13.1 Å². The van der Waals surface area contributed by atoms with E-state index < -0.39 is 6.10 Å². The third-order valence-corrected chi connectivity index (χ3v) is 3.05. The second-order valence-corrected chi connectivity index (χ2v) is 4.83. The molecule has 1 N–H and O–H groups in total. The molecule has 0 aliphatic carbocycles. The van der Waals surface area contributed by atoms with Gasteiger partial charge >= 0.3 is 0 Å².